The number of ether oxygens (including phenoxy) is 2. The van der Waals surface area contributed by atoms with Crippen molar-refractivity contribution in [2.45, 2.75) is 70.4 Å². The number of esters is 2. The Morgan fingerprint density at radius 3 is 2.43 bits per heavy atom. The summed E-state index contributed by atoms with van der Waals surface area (Å²) in [5, 5.41) is 22.9. The van der Waals surface area contributed by atoms with E-state index in [1.54, 1.807) is 0 Å². The van der Waals surface area contributed by atoms with Crippen molar-refractivity contribution in [1.82, 2.24) is 0 Å². The van der Waals surface area contributed by atoms with Crippen molar-refractivity contribution in [2.75, 3.05) is 6.61 Å². The number of fused-ring (bicyclic) bond motifs is 5. The standard InChI is InChI=1S/C25H29FO9/c1-12(27)34-11-19(32)25(33)20(35-13(2)28)9-16-21-17(30)8-14-7-15(29)5-6-22(14,3)24(21,26)18(31)10-23(16,25)4/h5-7,16-17,20-21,30,33H,8-11H2,1-4H3/t16-,17+,20+,21+,22-,23-,24+,25+/m0/s1. The normalized spacial score (nSPS) is 44.0. The number of hydrogen-bond acceptors (Lipinski definition) is 9. The largest absolute Gasteiger partial charge is 0.459 e. The third-order valence-corrected chi connectivity index (χ3v) is 8.75. The van der Waals surface area contributed by atoms with Gasteiger partial charge in [0.15, 0.2) is 29.4 Å². The molecule has 0 amide bonds. The van der Waals surface area contributed by atoms with E-state index >= 15 is 4.39 Å². The fourth-order valence-electron chi connectivity index (χ4n) is 7.03. The molecule has 4 aliphatic rings. The van der Waals surface area contributed by atoms with Gasteiger partial charge in [0, 0.05) is 37.0 Å². The van der Waals surface area contributed by atoms with Gasteiger partial charge in [-0.1, -0.05) is 18.6 Å². The van der Waals surface area contributed by atoms with E-state index in [1.807, 2.05) is 0 Å². The van der Waals surface area contributed by atoms with Gasteiger partial charge in [-0.3, -0.25) is 24.0 Å². The number of carbonyl (C=O) groups is 5. The highest BCUT2D eigenvalue weighted by Crippen LogP contribution is 2.69. The number of hydrogen-bond donors (Lipinski definition) is 2. The minimum atomic E-state index is -2.64. The topological polar surface area (TPSA) is 144 Å². The van der Waals surface area contributed by atoms with E-state index in [0.29, 0.717) is 5.57 Å². The maximum absolute atomic E-state index is 17.2. The smallest absolute Gasteiger partial charge is 0.303 e. The molecule has 0 aromatic rings. The molecule has 0 saturated heterocycles. The van der Waals surface area contributed by atoms with Gasteiger partial charge in [0.1, 0.15) is 6.10 Å². The lowest BCUT2D eigenvalue weighted by Crippen LogP contribution is -2.71. The molecule has 0 aromatic carbocycles. The molecule has 0 unspecified atom stereocenters. The maximum atomic E-state index is 17.2. The molecule has 9 nitrogen and oxygen atoms in total. The van der Waals surface area contributed by atoms with Crippen LogP contribution in [0.4, 0.5) is 4.39 Å². The van der Waals surface area contributed by atoms with Gasteiger partial charge in [-0.25, -0.2) is 4.39 Å². The van der Waals surface area contributed by atoms with Gasteiger partial charge in [-0.05, 0) is 37.8 Å². The summed E-state index contributed by atoms with van der Waals surface area (Å²) >= 11 is 0. The number of halogens is 1. The van der Waals surface area contributed by atoms with Crippen LogP contribution in [0.15, 0.2) is 23.8 Å². The number of rotatable bonds is 4. The van der Waals surface area contributed by atoms with E-state index in [-0.39, 0.29) is 18.6 Å². The molecule has 4 rings (SSSR count). The number of aliphatic hydroxyl groups is 2. The molecule has 0 heterocycles. The van der Waals surface area contributed by atoms with E-state index in [2.05, 4.69) is 0 Å². The number of carbonyl (C=O) groups excluding carboxylic acids is 5. The van der Waals surface area contributed by atoms with Gasteiger partial charge < -0.3 is 19.7 Å². The van der Waals surface area contributed by atoms with E-state index in [1.165, 1.54) is 32.1 Å². The third kappa shape index (κ3) is 3.22. The number of allylic oxidation sites excluding steroid dienone is 3. The van der Waals surface area contributed by atoms with Crippen LogP contribution in [0.5, 0.6) is 0 Å². The van der Waals surface area contributed by atoms with Gasteiger partial charge in [0.25, 0.3) is 0 Å². The Morgan fingerprint density at radius 2 is 1.83 bits per heavy atom. The molecule has 10 heteroatoms. The second kappa shape index (κ2) is 7.89. The van der Waals surface area contributed by atoms with E-state index in [4.69, 9.17) is 9.47 Å². The quantitative estimate of drug-likeness (QED) is 0.548. The average molecular weight is 492 g/mol. The van der Waals surface area contributed by atoms with Gasteiger partial charge in [-0.2, -0.15) is 0 Å². The van der Waals surface area contributed by atoms with Crippen LogP contribution >= 0.6 is 0 Å². The Bertz CT molecular complexity index is 1090. The van der Waals surface area contributed by atoms with Crippen LogP contribution in [-0.2, 0) is 33.4 Å². The molecule has 0 aromatic heterocycles. The molecule has 4 aliphatic carbocycles. The summed E-state index contributed by atoms with van der Waals surface area (Å²) < 4.78 is 27.2. The Hall–Kier alpha value is -2.72. The SMILES string of the molecule is CC(=O)OCC(=O)[C@@]1(O)[C@H](OC(C)=O)C[C@H]2[C@@H]3[C@H](O)CC4=CC(=O)C=C[C@]4(C)[C@@]3(F)C(=O)C[C@@]21C. The molecule has 0 radical (unpaired) electrons. The number of alkyl halides is 1. The average Bonchev–Trinajstić information content (AvgIpc) is 2.96. The fraction of sp³-hybridized carbons (Fsp3) is 0.640. The zero-order valence-electron chi connectivity index (χ0n) is 20.0. The second-order valence-corrected chi connectivity index (χ2v) is 10.5. The summed E-state index contributed by atoms with van der Waals surface area (Å²) in [6.07, 6.45) is 0.0396. The van der Waals surface area contributed by atoms with Crippen molar-refractivity contribution in [3.05, 3.63) is 23.8 Å². The summed E-state index contributed by atoms with van der Waals surface area (Å²) in [4.78, 5) is 62.0. The lowest BCUT2D eigenvalue weighted by Gasteiger charge is -2.60. The molecule has 0 aliphatic heterocycles. The van der Waals surface area contributed by atoms with Crippen molar-refractivity contribution < 1.29 is 48.0 Å². The number of ketones is 3. The summed E-state index contributed by atoms with van der Waals surface area (Å²) in [5.74, 6) is -6.19. The first-order valence-corrected chi connectivity index (χ1v) is 11.5. The van der Waals surface area contributed by atoms with Crippen LogP contribution in [0.25, 0.3) is 0 Å². The van der Waals surface area contributed by atoms with E-state index in [0.717, 1.165) is 13.8 Å². The highest BCUT2D eigenvalue weighted by Gasteiger charge is 2.78. The van der Waals surface area contributed by atoms with Crippen LogP contribution < -0.4 is 0 Å². The van der Waals surface area contributed by atoms with E-state index < -0.39 is 82.7 Å². The second-order valence-electron chi connectivity index (χ2n) is 10.5. The molecule has 35 heavy (non-hydrogen) atoms. The lowest BCUT2D eigenvalue weighted by molar-refractivity contribution is -0.205. The van der Waals surface area contributed by atoms with Gasteiger partial charge >= 0.3 is 11.9 Å². The Balaban J connectivity index is 1.85. The zero-order chi connectivity index (χ0) is 26.1. The molecule has 2 N–H and O–H groups in total. The molecule has 3 fully saturated rings. The van der Waals surface area contributed by atoms with Crippen LogP contribution in [0.1, 0.15) is 47.0 Å². The van der Waals surface area contributed by atoms with E-state index in [9.17, 15) is 34.2 Å². The Labute approximate surface area is 201 Å². The van der Waals surface area contributed by atoms with Crippen molar-refractivity contribution in [3.63, 3.8) is 0 Å². The summed E-state index contributed by atoms with van der Waals surface area (Å²) in [6, 6.07) is 0. The lowest BCUT2D eigenvalue weighted by atomic mass is 9.44. The Kier molecular flexibility index (Phi) is 5.72. The van der Waals surface area contributed by atoms with Gasteiger partial charge in [0.2, 0.25) is 5.78 Å². The first kappa shape index (κ1) is 25.4. The minimum absolute atomic E-state index is 0.0825. The molecule has 190 valence electrons. The van der Waals surface area contributed by atoms with Crippen molar-refractivity contribution in [3.8, 4) is 0 Å². The zero-order valence-corrected chi connectivity index (χ0v) is 20.0. The van der Waals surface area contributed by atoms with Crippen molar-refractivity contribution in [2.24, 2.45) is 22.7 Å². The number of Topliss-reactive ketones (excluding diaryl/α,β-unsaturated/α-hetero) is 2. The van der Waals surface area contributed by atoms with Crippen LogP contribution in [0.2, 0.25) is 0 Å². The number of aliphatic hydroxyl groups excluding tert-OH is 1. The molecule has 0 spiro atoms. The van der Waals surface area contributed by atoms with Crippen LogP contribution in [0.3, 0.4) is 0 Å². The molecular formula is C25H29FO9. The molecule has 0 bridgehead atoms. The predicted octanol–water partition coefficient (Wildman–Crippen LogP) is 0.941. The molecular weight excluding hydrogens is 463 g/mol. The molecule has 8 atom stereocenters. The van der Waals surface area contributed by atoms with Crippen LogP contribution in [0, 0.1) is 22.7 Å². The highest BCUT2D eigenvalue weighted by molar-refractivity contribution is 6.03. The first-order chi connectivity index (χ1) is 16.1. The maximum Gasteiger partial charge on any atom is 0.303 e. The Morgan fingerprint density at radius 1 is 1.17 bits per heavy atom. The third-order valence-electron chi connectivity index (χ3n) is 8.75. The summed E-state index contributed by atoms with van der Waals surface area (Å²) in [6.45, 7) is 4.27. The van der Waals surface area contributed by atoms with Gasteiger partial charge in [-0.15, -0.1) is 0 Å². The summed E-state index contributed by atoms with van der Waals surface area (Å²) in [5.41, 5.74) is -7.95. The first-order valence-electron chi connectivity index (χ1n) is 11.5. The molecule has 3 saturated carbocycles. The van der Waals surface area contributed by atoms with Crippen molar-refractivity contribution in [1.29, 1.82) is 0 Å². The highest BCUT2D eigenvalue weighted by atomic mass is 19.1. The van der Waals surface area contributed by atoms with Crippen molar-refractivity contribution >= 4 is 29.3 Å². The monoisotopic (exact) mass is 492 g/mol. The van der Waals surface area contributed by atoms with Gasteiger partial charge in [0.05, 0.1) is 6.10 Å². The fourth-order valence-corrected chi connectivity index (χ4v) is 7.03. The van der Waals surface area contributed by atoms with Crippen LogP contribution in [-0.4, -0.2) is 69.6 Å². The predicted molar refractivity (Wildman–Crippen MR) is 116 cm³/mol. The minimum Gasteiger partial charge on any atom is -0.459 e. The summed E-state index contributed by atoms with van der Waals surface area (Å²) in [7, 11) is 0.